The maximum absolute atomic E-state index is 6.07. The SMILES string of the molecule is CNCC1Cc2cc(Cl)cc(Cl)c2N1. The zero-order valence-corrected chi connectivity index (χ0v) is 9.41. The van der Waals surface area contributed by atoms with Crippen molar-refractivity contribution >= 4 is 28.9 Å². The van der Waals surface area contributed by atoms with Gasteiger partial charge < -0.3 is 10.6 Å². The van der Waals surface area contributed by atoms with Crippen LogP contribution in [0.25, 0.3) is 0 Å². The summed E-state index contributed by atoms with van der Waals surface area (Å²) in [5.74, 6) is 0. The Morgan fingerprint density at radius 3 is 3.00 bits per heavy atom. The van der Waals surface area contributed by atoms with Gasteiger partial charge in [-0.25, -0.2) is 0 Å². The summed E-state index contributed by atoms with van der Waals surface area (Å²) in [6.07, 6.45) is 0.983. The molecule has 1 atom stereocenters. The molecule has 1 aromatic rings. The molecule has 0 aliphatic carbocycles. The number of benzene rings is 1. The first kappa shape index (κ1) is 10.1. The number of hydrogen-bond donors (Lipinski definition) is 2. The lowest BCUT2D eigenvalue weighted by Gasteiger charge is -2.09. The highest BCUT2D eigenvalue weighted by Gasteiger charge is 2.22. The Balaban J connectivity index is 2.26. The fourth-order valence-corrected chi connectivity index (χ4v) is 2.43. The minimum Gasteiger partial charge on any atom is -0.379 e. The largest absolute Gasteiger partial charge is 0.379 e. The van der Waals surface area contributed by atoms with Crippen LogP contribution in [-0.4, -0.2) is 19.6 Å². The second-order valence-electron chi connectivity index (χ2n) is 3.52. The van der Waals surface area contributed by atoms with Crippen molar-refractivity contribution in [3.05, 3.63) is 27.7 Å². The molecule has 0 radical (unpaired) electrons. The number of anilines is 1. The number of halogens is 2. The van der Waals surface area contributed by atoms with Crippen LogP contribution in [-0.2, 0) is 6.42 Å². The summed E-state index contributed by atoms with van der Waals surface area (Å²) >= 11 is 12.0. The maximum Gasteiger partial charge on any atom is 0.0655 e. The highest BCUT2D eigenvalue weighted by molar-refractivity contribution is 6.36. The maximum atomic E-state index is 6.07. The van der Waals surface area contributed by atoms with Gasteiger partial charge in [-0.05, 0) is 31.2 Å². The van der Waals surface area contributed by atoms with Gasteiger partial charge in [0.25, 0.3) is 0 Å². The van der Waals surface area contributed by atoms with E-state index in [9.17, 15) is 0 Å². The normalized spacial score (nSPS) is 19.2. The van der Waals surface area contributed by atoms with E-state index in [1.165, 1.54) is 5.56 Å². The Labute approximate surface area is 93.6 Å². The lowest BCUT2D eigenvalue weighted by Crippen LogP contribution is -2.28. The molecule has 2 rings (SSSR count). The first-order chi connectivity index (χ1) is 6.70. The van der Waals surface area contributed by atoms with Gasteiger partial charge in [0.15, 0.2) is 0 Å². The van der Waals surface area contributed by atoms with Crippen molar-refractivity contribution in [3.8, 4) is 0 Å². The van der Waals surface area contributed by atoms with Gasteiger partial charge in [-0.2, -0.15) is 0 Å². The molecule has 4 heteroatoms. The molecular weight excluding hydrogens is 219 g/mol. The average molecular weight is 231 g/mol. The molecule has 2 N–H and O–H groups in total. The van der Waals surface area contributed by atoms with Crippen LogP contribution in [0.5, 0.6) is 0 Å². The van der Waals surface area contributed by atoms with Crippen LogP contribution in [0.4, 0.5) is 5.69 Å². The van der Waals surface area contributed by atoms with Crippen molar-refractivity contribution in [3.63, 3.8) is 0 Å². The van der Waals surface area contributed by atoms with Gasteiger partial charge in [0.2, 0.25) is 0 Å². The van der Waals surface area contributed by atoms with Crippen LogP contribution in [0.2, 0.25) is 10.0 Å². The molecule has 0 saturated heterocycles. The molecule has 1 aliphatic rings. The van der Waals surface area contributed by atoms with E-state index in [0.717, 1.165) is 18.7 Å². The zero-order valence-electron chi connectivity index (χ0n) is 7.90. The average Bonchev–Trinajstić information content (AvgIpc) is 2.48. The van der Waals surface area contributed by atoms with E-state index in [1.807, 2.05) is 13.1 Å². The molecule has 2 nitrogen and oxygen atoms in total. The number of nitrogens with one attached hydrogen (secondary N) is 2. The van der Waals surface area contributed by atoms with Gasteiger partial charge >= 0.3 is 0 Å². The summed E-state index contributed by atoms with van der Waals surface area (Å²) < 4.78 is 0. The zero-order chi connectivity index (χ0) is 10.1. The van der Waals surface area contributed by atoms with Crippen molar-refractivity contribution in [2.45, 2.75) is 12.5 Å². The summed E-state index contributed by atoms with van der Waals surface area (Å²) in [5, 5.41) is 7.94. The van der Waals surface area contributed by atoms with E-state index >= 15 is 0 Å². The molecular formula is C10H12Cl2N2. The van der Waals surface area contributed by atoms with E-state index in [1.54, 1.807) is 6.07 Å². The molecule has 0 spiro atoms. The van der Waals surface area contributed by atoms with Crippen molar-refractivity contribution < 1.29 is 0 Å². The van der Waals surface area contributed by atoms with Crippen molar-refractivity contribution in [1.29, 1.82) is 0 Å². The fourth-order valence-electron chi connectivity index (χ4n) is 1.84. The number of fused-ring (bicyclic) bond motifs is 1. The Morgan fingerprint density at radius 1 is 1.50 bits per heavy atom. The van der Waals surface area contributed by atoms with Gasteiger partial charge in [-0.1, -0.05) is 23.2 Å². The molecule has 14 heavy (non-hydrogen) atoms. The van der Waals surface area contributed by atoms with Gasteiger partial charge in [-0.15, -0.1) is 0 Å². The third-order valence-corrected chi connectivity index (χ3v) is 2.92. The minimum absolute atomic E-state index is 0.422. The summed E-state index contributed by atoms with van der Waals surface area (Å²) in [6, 6.07) is 4.17. The number of hydrogen-bond acceptors (Lipinski definition) is 2. The Morgan fingerprint density at radius 2 is 2.29 bits per heavy atom. The fraction of sp³-hybridized carbons (Fsp3) is 0.400. The second-order valence-corrected chi connectivity index (χ2v) is 4.37. The quantitative estimate of drug-likeness (QED) is 0.817. The molecule has 1 aliphatic heterocycles. The van der Waals surface area contributed by atoms with Gasteiger partial charge in [-0.3, -0.25) is 0 Å². The monoisotopic (exact) mass is 230 g/mol. The third kappa shape index (κ3) is 1.83. The second kappa shape index (κ2) is 3.97. The Bertz CT molecular complexity index is 352. The Kier molecular flexibility index (Phi) is 2.86. The molecule has 0 amide bonds. The minimum atomic E-state index is 0.422. The first-order valence-corrected chi connectivity index (χ1v) is 5.35. The topological polar surface area (TPSA) is 24.1 Å². The van der Waals surface area contributed by atoms with E-state index in [0.29, 0.717) is 16.1 Å². The lowest BCUT2D eigenvalue weighted by atomic mass is 10.1. The van der Waals surface area contributed by atoms with Crippen molar-refractivity contribution in [2.24, 2.45) is 0 Å². The molecule has 0 fully saturated rings. The highest BCUT2D eigenvalue weighted by atomic mass is 35.5. The van der Waals surface area contributed by atoms with Crippen molar-refractivity contribution in [1.82, 2.24) is 5.32 Å². The molecule has 0 aromatic heterocycles. The summed E-state index contributed by atoms with van der Waals surface area (Å²) in [5.41, 5.74) is 2.25. The summed E-state index contributed by atoms with van der Waals surface area (Å²) in [4.78, 5) is 0. The predicted molar refractivity (Wildman–Crippen MR) is 61.5 cm³/mol. The molecule has 76 valence electrons. The van der Waals surface area contributed by atoms with Crippen molar-refractivity contribution in [2.75, 3.05) is 18.9 Å². The first-order valence-electron chi connectivity index (χ1n) is 4.59. The standard InChI is InChI=1S/C10H12Cl2N2/c1-13-5-8-3-6-2-7(11)4-9(12)10(6)14-8/h2,4,8,13-14H,3,5H2,1H3. The van der Waals surface area contributed by atoms with E-state index in [4.69, 9.17) is 23.2 Å². The molecule has 1 aromatic carbocycles. The highest BCUT2D eigenvalue weighted by Crippen LogP contribution is 2.35. The molecule has 1 unspecified atom stereocenters. The smallest absolute Gasteiger partial charge is 0.0655 e. The van der Waals surface area contributed by atoms with Crippen LogP contribution < -0.4 is 10.6 Å². The van der Waals surface area contributed by atoms with Crippen LogP contribution in [0.3, 0.4) is 0 Å². The number of likely N-dealkylation sites (N-methyl/N-ethyl adjacent to an activating group) is 1. The van der Waals surface area contributed by atoms with Gasteiger partial charge in [0.05, 0.1) is 10.7 Å². The van der Waals surface area contributed by atoms with Crippen LogP contribution >= 0.6 is 23.2 Å². The molecule has 0 bridgehead atoms. The predicted octanol–water partition coefficient (Wildman–Crippen LogP) is 2.55. The van der Waals surface area contributed by atoms with Crippen LogP contribution in [0.15, 0.2) is 12.1 Å². The van der Waals surface area contributed by atoms with E-state index in [-0.39, 0.29) is 0 Å². The number of rotatable bonds is 2. The van der Waals surface area contributed by atoms with Gasteiger partial charge in [0, 0.05) is 17.6 Å². The lowest BCUT2D eigenvalue weighted by molar-refractivity contribution is 0.674. The Hall–Kier alpha value is -0.440. The summed E-state index contributed by atoms with van der Waals surface area (Å²) in [6.45, 7) is 0.933. The van der Waals surface area contributed by atoms with E-state index < -0.39 is 0 Å². The van der Waals surface area contributed by atoms with E-state index in [2.05, 4.69) is 10.6 Å². The molecule has 0 saturated carbocycles. The van der Waals surface area contributed by atoms with Gasteiger partial charge in [0.1, 0.15) is 0 Å². The van der Waals surface area contributed by atoms with Crippen LogP contribution in [0.1, 0.15) is 5.56 Å². The summed E-state index contributed by atoms with van der Waals surface area (Å²) in [7, 11) is 1.94. The third-order valence-electron chi connectivity index (χ3n) is 2.40. The van der Waals surface area contributed by atoms with Crippen LogP contribution in [0, 0.1) is 0 Å². The molecule has 1 heterocycles.